The van der Waals surface area contributed by atoms with E-state index in [0.29, 0.717) is 11.1 Å². The number of benzene rings is 5. The maximum Gasteiger partial charge on any atom is 0.408 e. The number of carbonyl (C=O) groups is 2. The van der Waals surface area contributed by atoms with Gasteiger partial charge in [-0.15, -0.1) is 0 Å². The second kappa shape index (κ2) is 21.3. The number of alkyl carbamates (subject to hydrolysis) is 1. The molecule has 1 unspecified atom stereocenters. The van der Waals surface area contributed by atoms with Gasteiger partial charge in [-0.3, -0.25) is 0 Å². The first-order valence-electron chi connectivity index (χ1n) is 19.1. The molecule has 1 aliphatic rings. The number of rotatable bonds is 20. The molecule has 2 N–H and O–H groups in total. The molecule has 6 rings (SSSR count). The van der Waals surface area contributed by atoms with E-state index in [1.165, 1.54) is 0 Å². The van der Waals surface area contributed by atoms with Crippen LogP contribution < -0.4 is 5.32 Å². The van der Waals surface area contributed by atoms with E-state index in [1.807, 2.05) is 97.1 Å². The van der Waals surface area contributed by atoms with Crippen molar-refractivity contribution in [2.45, 2.75) is 81.9 Å². The predicted molar refractivity (Wildman–Crippen MR) is 211 cm³/mol. The van der Waals surface area contributed by atoms with Gasteiger partial charge in [0.05, 0.1) is 33.0 Å². The normalized spacial score (nSPS) is 19.9. The number of carboxylic acids is 1. The quantitative estimate of drug-likeness (QED) is 0.0805. The van der Waals surface area contributed by atoms with Crippen molar-refractivity contribution >= 4 is 12.1 Å². The lowest BCUT2D eigenvalue weighted by Gasteiger charge is -2.48. The maximum absolute atomic E-state index is 17.1. The van der Waals surface area contributed by atoms with E-state index in [9.17, 15) is 14.7 Å². The number of hydrogen-bond donors (Lipinski definition) is 2. The number of carboxylic acid groups (broad SMARTS) is 1. The minimum Gasteiger partial charge on any atom is -0.480 e. The summed E-state index contributed by atoms with van der Waals surface area (Å²) in [5.74, 6) is -5.61. The fourth-order valence-corrected chi connectivity index (χ4v) is 6.62. The number of hydrogen-bond acceptors (Lipinski definition) is 8. The molecule has 1 aliphatic heterocycles. The van der Waals surface area contributed by atoms with Crippen LogP contribution in [0.2, 0.25) is 0 Å². The molecule has 1 heterocycles. The molecule has 0 bridgehead atoms. The minimum atomic E-state index is -3.92. The summed E-state index contributed by atoms with van der Waals surface area (Å²) in [6.45, 7) is -0.190. The summed E-state index contributed by atoms with van der Waals surface area (Å²) < 4.78 is 71.2. The van der Waals surface area contributed by atoms with Crippen molar-refractivity contribution in [3.05, 3.63) is 179 Å². The first-order valence-corrected chi connectivity index (χ1v) is 19.1. The smallest absolute Gasteiger partial charge is 0.408 e. The Balaban J connectivity index is 1.32. The lowest BCUT2D eigenvalue weighted by atomic mass is 9.88. The molecule has 0 aromatic heterocycles. The van der Waals surface area contributed by atoms with E-state index in [1.54, 1.807) is 54.6 Å². The lowest BCUT2D eigenvalue weighted by molar-refractivity contribution is -0.311. The summed E-state index contributed by atoms with van der Waals surface area (Å²) in [5.41, 5.74) is 3.80. The molecular formula is C46H47F2NO9. The third kappa shape index (κ3) is 12.5. The molecule has 58 heavy (non-hydrogen) atoms. The summed E-state index contributed by atoms with van der Waals surface area (Å²) >= 11 is 0. The molecule has 0 spiro atoms. The molecule has 12 heteroatoms. The van der Waals surface area contributed by atoms with E-state index in [2.05, 4.69) is 5.32 Å². The highest BCUT2D eigenvalue weighted by Gasteiger charge is 2.58. The number of ether oxygens (including phenoxy) is 6. The van der Waals surface area contributed by atoms with Gasteiger partial charge >= 0.3 is 12.1 Å². The van der Waals surface area contributed by atoms with E-state index >= 15 is 8.78 Å². The van der Waals surface area contributed by atoms with Crippen LogP contribution in [0.4, 0.5) is 13.6 Å². The zero-order valence-electron chi connectivity index (χ0n) is 31.8. The van der Waals surface area contributed by atoms with Gasteiger partial charge in [-0.25, -0.2) is 18.4 Å². The summed E-state index contributed by atoms with van der Waals surface area (Å²) in [6.07, 6.45) is -9.39. The summed E-state index contributed by atoms with van der Waals surface area (Å²) in [6, 6.07) is 43.7. The second-order valence-electron chi connectivity index (χ2n) is 13.9. The molecule has 0 radical (unpaired) electrons. The van der Waals surface area contributed by atoms with Crippen molar-refractivity contribution in [1.82, 2.24) is 5.32 Å². The Hall–Kier alpha value is -5.50. The van der Waals surface area contributed by atoms with Crippen LogP contribution in [0.1, 0.15) is 34.2 Å². The monoisotopic (exact) mass is 795 g/mol. The van der Waals surface area contributed by atoms with Gasteiger partial charge in [0.2, 0.25) is 0 Å². The van der Waals surface area contributed by atoms with Crippen LogP contribution in [0.5, 0.6) is 0 Å². The third-order valence-electron chi connectivity index (χ3n) is 9.58. The topological polar surface area (TPSA) is 122 Å². The number of nitrogens with one attached hydrogen (secondary N) is 1. The summed E-state index contributed by atoms with van der Waals surface area (Å²) in [7, 11) is 0. The van der Waals surface area contributed by atoms with Gasteiger partial charge in [-0.2, -0.15) is 0 Å². The van der Waals surface area contributed by atoms with Crippen LogP contribution in [0, 0.1) is 0 Å². The average Bonchev–Trinajstić information content (AvgIpc) is 3.25. The zero-order valence-corrected chi connectivity index (χ0v) is 31.8. The van der Waals surface area contributed by atoms with Gasteiger partial charge in [-0.1, -0.05) is 152 Å². The van der Waals surface area contributed by atoms with Crippen LogP contribution >= 0.6 is 0 Å². The molecule has 0 aliphatic carbocycles. The Morgan fingerprint density at radius 3 is 1.43 bits per heavy atom. The Kier molecular flexibility index (Phi) is 15.5. The maximum atomic E-state index is 17.1. The standard InChI is InChI=1S/C46H47F2NO9/c47-46(48,26-38(44(50)51)49-45(52)57-31-37-24-14-5-15-25-37)43-42(56-30-36-22-12-4-13-23-36)41(55-29-35-20-10-3-11-21-35)40(54-28-34-18-8-2-9-19-34)39(58-43)32-53-27-33-16-6-1-7-17-33/h1-25,38-43H,26-32H2,(H,49,52)(H,50,51)/t38?,39-,40+,41+,42-,43-/m1/s1. The SMILES string of the molecule is O=C(NC(CC(F)(F)[C@@H]1O[C@H](COCc2ccccc2)[C@H](OCc2ccccc2)[C@H](OCc2ccccc2)[C@H]1OCc1ccccc1)C(=O)O)OCc1ccccc1. The number of alkyl halides is 2. The van der Waals surface area contributed by atoms with E-state index in [0.717, 1.165) is 16.7 Å². The average molecular weight is 796 g/mol. The van der Waals surface area contributed by atoms with Crippen molar-refractivity contribution in [1.29, 1.82) is 0 Å². The van der Waals surface area contributed by atoms with Crippen molar-refractivity contribution in [3.8, 4) is 0 Å². The Labute approximate surface area is 336 Å². The van der Waals surface area contributed by atoms with Gasteiger partial charge in [-0.05, 0) is 27.8 Å². The zero-order chi connectivity index (χ0) is 40.6. The molecule has 1 saturated heterocycles. The third-order valence-corrected chi connectivity index (χ3v) is 9.58. The molecule has 5 aromatic rings. The molecule has 304 valence electrons. The first-order chi connectivity index (χ1) is 28.2. The van der Waals surface area contributed by atoms with Crippen molar-refractivity contribution in [2.24, 2.45) is 0 Å². The lowest BCUT2D eigenvalue weighted by Crippen LogP contribution is -2.66. The second-order valence-corrected chi connectivity index (χ2v) is 13.9. The van der Waals surface area contributed by atoms with Crippen molar-refractivity contribution in [2.75, 3.05) is 6.61 Å². The summed E-state index contributed by atoms with van der Waals surface area (Å²) in [4.78, 5) is 25.2. The fourth-order valence-electron chi connectivity index (χ4n) is 6.62. The Morgan fingerprint density at radius 2 is 0.983 bits per heavy atom. The highest BCUT2D eigenvalue weighted by molar-refractivity contribution is 5.80. The molecule has 10 nitrogen and oxygen atoms in total. The molecule has 5 aromatic carbocycles. The largest absolute Gasteiger partial charge is 0.480 e. The van der Waals surface area contributed by atoms with Crippen LogP contribution in [0.15, 0.2) is 152 Å². The van der Waals surface area contributed by atoms with Crippen LogP contribution in [-0.2, 0) is 66.3 Å². The van der Waals surface area contributed by atoms with Gasteiger partial charge in [0.15, 0.2) is 6.10 Å². The number of amides is 1. The number of aliphatic carboxylic acids is 1. The Morgan fingerprint density at radius 1 is 0.586 bits per heavy atom. The predicted octanol–water partition coefficient (Wildman–Crippen LogP) is 8.13. The van der Waals surface area contributed by atoms with E-state index in [4.69, 9.17) is 28.4 Å². The van der Waals surface area contributed by atoms with Gasteiger partial charge in [0.25, 0.3) is 5.92 Å². The molecule has 1 amide bonds. The molecule has 0 saturated carbocycles. The highest BCUT2D eigenvalue weighted by Crippen LogP contribution is 2.40. The highest BCUT2D eigenvalue weighted by atomic mass is 19.3. The number of carbonyl (C=O) groups excluding carboxylic acids is 1. The minimum absolute atomic E-state index is 0.0182. The van der Waals surface area contributed by atoms with E-state index < -0.39 is 61.0 Å². The molecule has 6 atom stereocenters. The van der Waals surface area contributed by atoms with Gasteiger partial charge in [0.1, 0.15) is 37.1 Å². The van der Waals surface area contributed by atoms with E-state index in [-0.39, 0.29) is 39.6 Å². The van der Waals surface area contributed by atoms with Crippen LogP contribution in [0.3, 0.4) is 0 Å². The Bertz CT molecular complexity index is 1960. The first kappa shape index (κ1) is 42.1. The van der Waals surface area contributed by atoms with Crippen molar-refractivity contribution < 1.29 is 51.9 Å². The van der Waals surface area contributed by atoms with Gasteiger partial charge < -0.3 is 38.8 Å². The molecular weight excluding hydrogens is 748 g/mol. The van der Waals surface area contributed by atoms with Gasteiger partial charge in [0, 0.05) is 6.42 Å². The fraction of sp³-hybridized carbons (Fsp3) is 0.304. The van der Waals surface area contributed by atoms with Crippen LogP contribution in [-0.4, -0.2) is 66.3 Å². The van der Waals surface area contributed by atoms with Crippen LogP contribution in [0.25, 0.3) is 0 Å². The van der Waals surface area contributed by atoms with Crippen molar-refractivity contribution in [3.63, 3.8) is 0 Å². The summed E-state index contributed by atoms with van der Waals surface area (Å²) in [5, 5.41) is 12.2. The molecule has 1 fully saturated rings. The number of halogens is 2.